The number of rotatable bonds is 4. The average molecular weight is 139 g/mol. The molecule has 0 aromatic carbocycles. The van der Waals surface area contributed by atoms with Gasteiger partial charge in [-0.1, -0.05) is 25.5 Å². The third kappa shape index (κ3) is 2.53. The van der Waals surface area contributed by atoms with Crippen LogP contribution >= 0.6 is 0 Å². The van der Waals surface area contributed by atoms with Crippen LogP contribution < -0.4 is 5.32 Å². The molecule has 0 heterocycles. The Morgan fingerprint density at radius 2 is 2.30 bits per heavy atom. The van der Waals surface area contributed by atoms with Gasteiger partial charge in [-0.05, 0) is 25.3 Å². The average Bonchev–Trinajstić information content (AvgIpc) is 1.84. The molecular formula is C9H17N. The van der Waals surface area contributed by atoms with Crippen LogP contribution in [0.25, 0.3) is 0 Å². The summed E-state index contributed by atoms with van der Waals surface area (Å²) in [4.78, 5) is 0. The standard InChI is InChI=1S/C9H17N/c1-2-10-8-4-7-9-5-3-6-9/h4,7,9-10H,2-3,5-6,8H2,1H3. The van der Waals surface area contributed by atoms with Gasteiger partial charge in [0, 0.05) is 6.54 Å². The molecule has 0 bridgehead atoms. The van der Waals surface area contributed by atoms with Crippen molar-refractivity contribution in [3.63, 3.8) is 0 Å². The molecule has 0 aromatic heterocycles. The molecule has 1 heteroatoms. The van der Waals surface area contributed by atoms with Gasteiger partial charge < -0.3 is 5.32 Å². The lowest BCUT2D eigenvalue weighted by Crippen LogP contribution is -2.13. The van der Waals surface area contributed by atoms with E-state index in [9.17, 15) is 0 Å². The van der Waals surface area contributed by atoms with E-state index < -0.39 is 0 Å². The Labute approximate surface area is 63.5 Å². The SMILES string of the molecule is CCNCC=CC1CCC1. The van der Waals surface area contributed by atoms with Gasteiger partial charge in [0.2, 0.25) is 0 Å². The van der Waals surface area contributed by atoms with E-state index in [1.807, 2.05) is 0 Å². The van der Waals surface area contributed by atoms with Crippen molar-refractivity contribution in [1.29, 1.82) is 0 Å². The topological polar surface area (TPSA) is 12.0 Å². The second-order valence-corrected chi connectivity index (χ2v) is 2.93. The molecule has 0 amide bonds. The molecule has 1 rings (SSSR count). The van der Waals surface area contributed by atoms with Crippen LogP contribution in [0, 0.1) is 5.92 Å². The normalized spacial score (nSPS) is 19.7. The number of hydrogen-bond acceptors (Lipinski definition) is 1. The highest BCUT2D eigenvalue weighted by Crippen LogP contribution is 2.26. The van der Waals surface area contributed by atoms with Crippen molar-refractivity contribution >= 4 is 0 Å². The van der Waals surface area contributed by atoms with Gasteiger partial charge >= 0.3 is 0 Å². The molecule has 0 radical (unpaired) electrons. The highest BCUT2D eigenvalue weighted by atomic mass is 14.8. The first-order valence-corrected chi connectivity index (χ1v) is 4.31. The van der Waals surface area contributed by atoms with Crippen LogP contribution in [-0.2, 0) is 0 Å². The minimum Gasteiger partial charge on any atom is -0.314 e. The second kappa shape index (κ2) is 4.51. The quantitative estimate of drug-likeness (QED) is 0.463. The fraction of sp³-hybridized carbons (Fsp3) is 0.778. The van der Waals surface area contributed by atoms with E-state index >= 15 is 0 Å². The van der Waals surface area contributed by atoms with Crippen LogP contribution in [0.5, 0.6) is 0 Å². The van der Waals surface area contributed by atoms with Crippen LogP contribution in [0.1, 0.15) is 26.2 Å². The summed E-state index contributed by atoms with van der Waals surface area (Å²) in [6.45, 7) is 4.26. The van der Waals surface area contributed by atoms with Crippen molar-refractivity contribution in [2.45, 2.75) is 26.2 Å². The monoisotopic (exact) mass is 139 g/mol. The molecule has 1 nitrogen and oxygen atoms in total. The summed E-state index contributed by atoms with van der Waals surface area (Å²) in [5.41, 5.74) is 0. The molecule has 10 heavy (non-hydrogen) atoms. The Morgan fingerprint density at radius 1 is 1.50 bits per heavy atom. The zero-order valence-electron chi connectivity index (χ0n) is 6.77. The first kappa shape index (κ1) is 7.80. The van der Waals surface area contributed by atoms with E-state index in [0.717, 1.165) is 19.0 Å². The van der Waals surface area contributed by atoms with Gasteiger partial charge in [0.05, 0.1) is 0 Å². The van der Waals surface area contributed by atoms with Gasteiger partial charge in [-0.2, -0.15) is 0 Å². The molecule has 1 N–H and O–H groups in total. The Bertz CT molecular complexity index is 103. The lowest BCUT2D eigenvalue weighted by Gasteiger charge is -2.21. The van der Waals surface area contributed by atoms with Crippen molar-refractivity contribution in [2.24, 2.45) is 5.92 Å². The molecular weight excluding hydrogens is 122 g/mol. The number of nitrogens with one attached hydrogen (secondary N) is 1. The summed E-state index contributed by atoms with van der Waals surface area (Å²) >= 11 is 0. The lowest BCUT2D eigenvalue weighted by molar-refractivity contribution is 0.387. The van der Waals surface area contributed by atoms with E-state index in [-0.39, 0.29) is 0 Å². The summed E-state index contributed by atoms with van der Waals surface area (Å²) in [5, 5.41) is 3.26. The van der Waals surface area contributed by atoms with Crippen molar-refractivity contribution in [3.05, 3.63) is 12.2 Å². The van der Waals surface area contributed by atoms with Gasteiger partial charge in [-0.3, -0.25) is 0 Å². The number of allylic oxidation sites excluding steroid dienone is 1. The van der Waals surface area contributed by atoms with Gasteiger partial charge in [-0.25, -0.2) is 0 Å². The molecule has 1 saturated carbocycles. The third-order valence-corrected chi connectivity index (χ3v) is 2.07. The molecule has 0 spiro atoms. The highest BCUT2D eigenvalue weighted by molar-refractivity contribution is 4.93. The Balaban J connectivity index is 1.94. The highest BCUT2D eigenvalue weighted by Gasteiger charge is 2.12. The number of likely N-dealkylation sites (N-methyl/N-ethyl adjacent to an activating group) is 1. The predicted octanol–water partition coefficient (Wildman–Crippen LogP) is 1.95. The van der Waals surface area contributed by atoms with Crippen LogP contribution in [0.3, 0.4) is 0 Å². The Hall–Kier alpha value is -0.300. The first-order chi connectivity index (χ1) is 4.93. The molecule has 0 aliphatic heterocycles. The minimum absolute atomic E-state index is 0.915. The molecule has 0 atom stereocenters. The molecule has 1 fully saturated rings. The van der Waals surface area contributed by atoms with Crippen molar-refractivity contribution in [2.75, 3.05) is 13.1 Å². The fourth-order valence-corrected chi connectivity index (χ4v) is 1.12. The van der Waals surface area contributed by atoms with E-state index in [0.29, 0.717) is 0 Å². The van der Waals surface area contributed by atoms with Gasteiger partial charge in [0.1, 0.15) is 0 Å². The van der Waals surface area contributed by atoms with Crippen molar-refractivity contribution in [3.8, 4) is 0 Å². The summed E-state index contributed by atoms with van der Waals surface area (Å²) < 4.78 is 0. The first-order valence-electron chi connectivity index (χ1n) is 4.31. The van der Waals surface area contributed by atoms with Gasteiger partial charge in [0.25, 0.3) is 0 Å². The van der Waals surface area contributed by atoms with Crippen LogP contribution in [0.15, 0.2) is 12.2 Å². The molecule has 0 unspecified atom stereocenters. The summed E-state index contributed by atoms with van der Waals surface area (Å²) in [7, 11) is 0. The fourth-order valence-electron chi connectivity index (χ4n) is 1.12. The Morgan fingerprint density at radius 3 is 2.80 bits per heavy atom. The lowest BCUT2D eigenvalue weighted by atomic mass is 9.85. The maximum atomic E-state index is 3.26. The third-order valence-electron chi connectivity index (χ3n) is 2.07. The number of hydrogen-bond donors (Lipinski definition) is 1. The second-order valence-electron chi connectivity index (χ2n) is 2.93. The summed E-state index contributed by atoms with van der Waals surface area (Å²) in [6.07, 6.45) is 8.89. The van der Waals surface area contributed by atoms with E-state index in [1.54, 1.807) is 0 Å². The smallest absolute Gasteiger partial charge is 0.0134 e. The summed E-state index contributed by atoms with van der Waals surface area (Å²) in [5.74, 6) is 0.915. The van der Waals surface area contributed by atoms with Gasteiger partial charge in [-0.15, -0.1) is 0 Å². The van der Waals surface area contributed by atoms with Crippen LogP contribution in [-0.4, -0.2) is 13.1 Å². The Kier molecular flexibility index (Phi) is 3.52. The van der Waals surface area contributed by atoms with Gasteiger partial charge in [0.15, 0.2) is 0 Å². The summed E-state index contributed by atoms with van der Waals surface area (Å²) in [6, 6.07) is 0. The van der Waals surface area contributed by atoms with Crippen molar-refractivity contribution < 1.29 is 0 Å². The van der Waals surface area contributed by atoms with E-state index in [1.165, 1.54) is 19.3 Å². The minimum atomic E-state index is 0.915. The van der Waals surface area contributed by atoms with Crippen molar-refractivity contribution in [1.82, 2.24) is 5.32 Å². The predicted molar refractivity (Wildman–Crippen MR) is 45.0 cm³/mol. The maximum absolute atomic E-state index is 3.26. The largest absolute Gasteiger partial charge is 0.314 e. The molecule has 1 aliphatic rings. The molecule has 0 aromatic rings. The van der Waals surface area contributed by atoms with E-state index in [4.69, 9.17) is 0 Å². The molecule has 0 saturated heterocycles. The molecule has 1 aliphatic carbocycles. The van der Waals surface area contributed by atoms with Crippen LogP contribution in [0.4, 0.5) is 0 Å². The molecule has 58 valence electrons. The van der Waals surface area contributed by atoms with Crippen LogP contribution in [0.2, 0.25) is 0 Å². The zero-order valence-corrected chi connectivity index (χ0v) is 6.77. The van der Waals surface area contributed by atoms with E-state index in [2.05, 4.69) is 24.4 Å². The zero-order chi connectivity index (χ0) is 7.23. The maximum Gasteiger partial charge on any atom is 0.0134 e.